The van der Waals surface area contributed by atoms with Crippen LogP contribution in [0.2, 0.25) is 0 Å². The van der Waals surface area contributed by atoms with Crippen LogP contribution in [0.3, 0.4) is 0 Å². The molecule has 2 fully saturated rings. The van der Waals surface area contributed by atoms with Crippen molar-refractivity contribution in [2.45, 2.75) is 48.3 Å². The van der Waals surface area contributed by atoms with Gasteiger partial charge in [-0.1, -0.05) is 12.0 Å². The number of sulfone groups is 1. The molecule has 25 heavy (non-hydrogen) atoms. The fourth-order valence-corrected chi connectivity index (χ4v) is 5.35. The van der Waals surface area contributed by atoms with Gasteiger partial charge in [-0.25, -0.2) is 8.42 Å². The van der Waals surface area contributed by atoms with E-state index in [4.69, 9.17) is 11.7 Å². The zero-order valence-corrected chi connectivity index (χ0v) is 14.7. The van der Waals surface area contributed by atoms with Crippen molar-refractivity contribution < 1.29 is 13.2 Å². The van der Waals surface area contributed by atoms with Gasteiger partial charge in [-0.15, -0.1) is 6.42 Å². The molecule has 0 aromatic heterocycles. The molecular formula is C19H20N2O3S. The molecule has 0 spiro atoms. The minimum Gasteiger partial charge on any atom is -0.325 e. The Balaban J connectivity index is 1.83. The maximum Gasteiger partial charge on any atom is 0.254 e. The van der Waals surface area contributed by atoms with Gasteiger partial charge in [0.2, 0.25) is 0 Å². The third-order valence-corrected chi connectivity index (χ3v) is 7.26. The zero-order valence-electron chi connectivity index (χ0n) is 13.9. The lowest BCUT2D eigenvalue weighted by atomic mass is 9.86. The summed E-state index contributed by atoms with van der Waals surface area (Å²) in [6, 6.07) is 8.04. The summed E-state index contributed by atoms with van der Waals surface area (Å²) in [5.74, 6) is 2.25. The standard InChI is InChI=1S/C19H20N2O3S/c1-2-16-7-3-4-9-21(16)19(22)15-6-5-8-17(12-15)25(23,24)18-10-14(11-18)13-20/h1,5-6,8,12,14,16,18H,3-4,7,9-11H2/t14?,16-,18?/m0/s1. The minimum atomic E-state index is -3.51. The highest BCUT2D eigenvalue weighted by atomic mass is 32.2. The molecule has 2 aliphatic rings. The number of rotatable bonds is 3. The molecule has 1 heterocycles. The molecule has 6 heteroatoms. The second kappa shape index (κ2) is 6.90. The summed E-state index contributed by atoms with van der Waals surface area (Å²) in [5.41, 5.74) is 0.347. The number of carbonyl (C=O) groups excluding carboxylic acids is 1. The number of likely N-dealkylation sites (tertiary alicyclic amines) is 1. The molecule has 0 bridgehead atoms. The Kier molecular flexibility index (Phi) is 4.83. The molecule has 5 nitrogen and oxygen atoms in total. The first kappa shape index (κ1) is 17.5. The van der Waals surface area contributed by atoms with Crippen LogP contribution in [0, 0.1) is 29.6 Å². The van der Waals surface area contributed by atoms with Crippen LogP contribution in [0.15, 0.2) is 29.2 Å². The molecular weight excluding hydrogens is 336 g/mol. The third-order valence-electron chi connectivity index (χ3n) is 5.08. The highest BCUT2D eigenvalue weighted by Gasteiger charge is 2.40. The van der Waals surface area contributed by atoms with Crippen molar-refractivity contribution in [2.75, 3.05) is 6.54 Å². The lowest BCUT2D eigenvalue weighted by Crippen LogP contribution is -2.43. The summed E-state index contributed by atoms with van der Waals surface area (Å²) in [7, 11) is -3.51. The SMILES string of the molecule is C#C[C@H]1CCCCN1C(=O)c1cccc(S(=O)(=O)C2CC(C#N)C2)c1. The number of benzene rings is 1. The number of nitriles is 1. The van der Waals surface area contributed by atoms with Crippen molar-refractivity contribution in [1.29, 1.82) is 5.26 Å². The average molecular weight is 356 g/mol. The molecule has 1 amide bonds. The van der Waals surface area contributed by atoms with Crippen molar-refractivity contribution in [2.24, 2.45) is 5.92 Å². The van der Waals surface area contributed by atoms with Crippen LogP contribution in [-0.4, -0.2) is 37.1 Å². The molecule has 3 rings (SSSR count). The van der Waals surface area contributed by atoms with Crippen molar-refractivity contribution in [3.63, 3.8) is 0 Å². The van der Waals surface area contributed by atoms with Crippen LogP contribution in [0.4, 0.5) is 0 Å². The molecule has 1 aromatic carbocycles. The van der Waals surface area contributed by atoms with Crippen molar-refractivity contribution in [3.05, 3.63) is 29.8 Å². The van der Waals surface area contributed by atoms with E-state index in [-0.39, 0.29) is 22.8 Å². The highest BCUT2D eigenvalue weighted by Crippen LogP contribution is 2.36. The predicted octanol–water partition coefficient (Wildman–Crippen LogP) is 2.39. The van der Waals surface area contributed by atoms with Crippen LogP contribution in [0.1, 0.15) is 42.5 Å². The molecule has 1 aromatic rings. The molecule has 0 unspecified atom stereocenters. The lowest BCUT2D eigenvalue weighted by molar-refractivity contribution is 0.0672. The van der Waals surface area contributed by atoms with Gasteiger partial charge in [0.25, 0.3) is 5.91 Å². The summed E-state index contributed by atoms with van der Waals surface area (Å²) in [5, 5.41) is 8.31. The van der Waals surface area contributed by atoms with E-state index in [2.05, 4.69) is 12.0 Å². The van der Waals surface area contributed by atoms with Gasteiger partial charge in [0.15, 0.2) is 9.84 Å². The Morgan fingerprint density at radius 1 is 1.28 bits per heavy atom. The Morgan fingerprint density at radius 3 is 2.72 bits per heavy atom. The Bertz CT molecular complexity index is 857. The van der Waals surface area contributed by atoms with E-state index < -0.39 is 15.1 Å². The first-order valence-electron chi connectivity index (χ1n) is 8.48. The van der Waals surface area contributed by atoms with Crippen LogP contribution in [-0.2, 0) is 9.84 Å². The molecule has 1 aliphatic carbocycles. The van der Waals surface area contributed by atoms with Gasteiger partial charge in [-0.05, 0) is 50.3 Å². The van der Waals surface area contributed by atoms with E-state index in [1.165, 1.54) is 12.1 Å². The first-order valence-corrected chi connectivity index (χ1v) is 10.0. The number of terminal acetylenes is 1. The van der Waals surface area contributed by atoms with Crippen LogP contribution in [0.5, 0.6) is 0 Å². The van der Waals surface area contributed by atoms with E-state index >= 15 is 0 Å². The van der Waals surface area contributed by atoms with Crippen molar-refractivity contribution in [3.8, 4) is 18.4 Å². The predicted molar refractivity (Wildman–Crippen MR) is 93.3 cm³/mol. The number of hydrogen-bond acceptors (Lipinski definition) is 4. The Morgan fingerprint density at radius 2 is 2.04 bits per heavy atom. The number of nitrogens with zero attached hydrogens (tertiary/aromatic N) is 2. The van der Waals surface area contributed by atoms with Crippen molar-refractivity contribution >= 4 is 15.7 Å². The fourth-order valence-electron chi connectivity index (χ4n) is 3.44. The molecule has 1 aliphatic heterocycles. The summed E-state index contributed by atoms with van der Waals surface area (Å²) < 4.78 is 25.4. The van der Waals surface area contributed by atoms with E-state index in [0.29, 0.717) is 24.9 Å². The monoisotopic (exact) mass is 356 g/mol. The topological polar surface area (TPSA) is 78.2 Å². The van der Waals surface area contributed by atoms with Gasteiger partial charge in [0.05, 0.1) is 22.3 Å². The Labute approximate surface area is 148 Å². The zero-order chi connectivity index (χ0) is 18.0. The average Bonchev–Trinajstić information content (AvgIpc) is 2.60. The lowest BCUT2D eigenvalue weighted by Gasteiger charge is -2.33. The minimum absolute atomic E-state index is 0.147. The van der Waals surface area contributed by atoms with E-state index in [1.807, 2.05) is 0 Å². The van der Waals surface area contributed by atoms with Gasteiger partial charge in [0, 0.05) is 18.0 Å². The molecule has 1 atom stereocenters. The third kappa shape index (κ3) is 3.27. The number of amides is 1. The van der Waals surface area contributed by atoms with E-state index in [1.54, 1.807) is 17.0 Å². The highest BCUT2D eigenvalue weighted by molar-refractivity contribution is 7.92. The number of carbonyl (C=O) groups is 1. The second-order valence-corrected chi connectivity index (χ2v) is 8.90. The molecule has 130 valence electrons. The fraction of sp³-hybridized carbons (Fsp3) is 0.474. The molecule has 0 radical (unpaired) electrons. The van der Waals surface area contributed by atoms with Gasteiger partial charge >= 0.3 is 0 Å². The van der Waals surface area contributed by atoms with Gasteiger partial charge in [-0.2, -0.15) is 5.26 Å². The van der Waals surface area contributed by atoms with E-state index in [9.17, 15) is 13.2 Å². The first-order chi connectivity index (χ1) is 12.0. The van der Waals surface area contributed by atoms with Crippen LogP contribution >= 0.6 is 0 Å². The smallest absolute Gasteiger partial charge is 0.254 e. The van der Waals surface area contributed by atoms with Crippen LogP contribution in [0.25, 0.3) is 0 Å². The van der Waals surface area contributed by atoms with Crippen molar-refractivity contribution in [1.82, 2.24) is 4.90 Å². The molecule has 1 saturated heterocycles. The largest absolute Gasteiger partial charge is 0.325 e. The van der Waals surface area contributed by atoms with Gasteiger partial charge in [0.1, 0.15) is 0 Å². The number of piperidine rings is 1. The summed E-state index contributed by atoms with van der Waals surface area (Å²) >= 11 is 0. The normalized spacial score (nSPS) is 26.2. The number of hydrogen-bond donors (Lipinski definition) is 0. The maximum absolute atomic E-state index is 12.8. The van der Waals surface area contributed by atoms with E-state index in [0.717, 1.165) is 19.3 Å². The van der Waals surface area contributed by atoms with Crippen LogP contribution < -0.4 is 0 Å². The quantitative estimate of drug-likeness (QED) is 0.779. The second-order valence-electron chi connectivity index (χ2n) is 6.67. The maximum atomic E-state index is 12.8. The van der Waals surface area contributed by atoms with Gasteiger partial charge in [-0.3, -0.25) is 4.79 Å². The molecule has 1 saturated carbocycles. The van der Waals surface area contributed by atoms with Gasteiger partial charge < -0.3 is 4.90 Å². The summed E-state index contributed by atoms with van der Waals surface area (Å²) in [4.78, 5) is 14.6. The summed E-state index contributed by atoms with van der Waals surface area (Å²) in [6.45, 7) is 0.594. The summed E-state index contributed by atoms with van der Waals surface area (Å²) in [6.07, 6.45) is 8.93. The molecule has 0 N–H and O–H groups in total. The Hall–Kier alpha value is -2.31.